The Morgan fingerprint density at radius 1 is 1.38 bits per heavy atom. The summed E-state index contributed by atoms with van der Waals surface area (Å²) in [7, 11) is 0. The molecule has 1 fully saturated rings. The number of benzene rings is 1. The van der Waals surface area contributed by atoms with Crippen molar-refractivity contribution in [1.82, 2.24) is 4.98 Å². The van der Waals surface area contributed by atoms with Crippen molar-refractivity contribution in [3.63, 3.8) is 0 Å². The third-order valence-corrected chi connectivity index (χ3v) is 3.63. The van der Waals surface area contributed by atoms with Crippen molar-refractivity contribution in [3.05, 3.63) is 30.5 Å². The number of aromatic nitrogens is 1. The van der Waals surface area contributed by atoms with Crippen molar-refractivity contribution in [1.29, 1.82) is 0 Å². The Hall–Kier alpha value is -2.30. The van der Waals surface area contributed by atoms with Gasteiger partial charge in [0.1, 0.15) is 5.75 Å². The maximum Gasteiger partial charge on any atom is 0.310 e. The number of carboxylic acid groups (broad SMARTS) is 1. The molecule has 21 heavy (non-hydrogen) atoms. The monoisotopic (exact) mass is 286 g/mol. The molecule has 1 aromatic carbocycles. The van der Waals surface area contributed by atoms with Crippen LogP contribution in [0.5, 0.6) is 5.75 Å². The first-order valence-corrected chi connectivity index (χ1v) is 7.08. The van der Waals surface area contributed by atoms with E-state index in [-0.39, 0.29) is 12.0 Å². The minimum absolute atomic E-state index is 0.114. The van der Waals surface area contributed by atoms with Crippen LogP contribution in [0.4, 0.5) is 5.69 Å². The molecule has 1 N–H and O–H groups in total. The molecule has 0 atom stereocenters. The zero-order valence-corrected chi connectivity index (χ0v) is 12.1. The van der Waals surface area contributed by atoms with Crippen LogP contribution in [0.2, 0.25) is 0 Å². The number of carboxylic acids is 1. The van der Waals surface area contributed by atoms with E-state index >= 15 is 0 Å². The van der Waals surface area contributed by atoms with Gasteiger partial charge in [0.2, 0.25) is 0 Å². The van der Waals surface area contributed by atoms with Crippen LogP contribution in [0.15, 0.2) is 30.5 Å². The van der Waals surface area contributed by atoms with Crippen LogP contribution in [0.1, 0.15) is 13.8 Å². The van der Waals surface area contributed by atoms with Crippen LogP contribution in [0, 0.1) is 5.92 Å². The highest BCUT2D eigenvalue weighted by Gasteiger charge is 2.33. The average Bonchev–Trinajstić information content (AvgIpc) is 2.36. The van der Waals surface area contributed by atoms with Crippen molar-refractivity contribution in [2.75, 3.05) is 18.0 Å². The summed E-state index contributed by atoms with van der Waals surface area (Å²) >= 11 is 0. The number of nitrogens with zero attached hydrogens (tertiary/aromatic N) is 2. The van der Waals surface area contributed by atoms with Gasteiger partial charge in [0, 0.05) is 30.4 Å². The summed E-state index contributed by atoms with van der Waals surface area (Å²) in [6.45, 7) is 5.07. The Bertz CT molecular complexity index is 678. The van der Waals surface area contributed by atoms with Gasteiger partial charge in [-0.05, 0) is 38.1 Å². The third kappa shape index (κ3) is 2.63. The van der Waals surface area contributed by atoms with Crippen LogP contribution < -0.4 is 9.64 Å². The first kappa shape index (κ1) is 13.7. The van der Waals surface area contributed by atoms with Crippen LogP contribution in [-0.4, -0.2) is 35.3 Å². The summed E-state index contributed by atoms with van der Waals surface area (Å²) in [5.74, 6) is -0.196. The summed E-state index contributed by atoms with van der Waals surface area (Å²) in [6, 6.07) is 7.76. The van der Waals surface area contributed by atoms with Gasteiger partial charge in [-0.1, -0.05) is 0 Å². The maximum absolute atomic E-state index is 10.9. The van der Waals surface area contributed by atoms with E-state index < -0.39 is 5.97 Å². The zero-order chi connectivity index (χ0) is 15.0. The Balaban J connectivity index is 1.93. The van der Waals surface area contributed by atoms with Crippen LogP contribution in [0.25, 0.3) is 10.9 Å². The van der Waals surface area contributed by atoms with Crippen molar-refractivity contribution in [3.8, 4) is 5.75 Å². The molecule has 0 aliphatic carbocycles. The summed E-state index contributed by atoms with van der Waals surface area (Å²) in [4.78, 5) is 17.4. The van der Waals surface area contributed by atoms with Gasteiger partial charge in [-0.25, -0.2) is 0 Å². The quantitative estimate of drug-likeness (QED) is 0.935. The van der Waals surface area contributed by atoms with E-state index in [1.54, 1.807) is 6.20 Å². The van der Waals surface area contributed by atoms with E-state index in [1.165, 1.54) is 0 Å². The Kier molecular flexibility index (Phi) is 3.41. The fourth-order valence-corrected chi connectivity index (χ4v) is 2.56. The average molecular weight is 286 g/mol. The second-order valence-electron chi connectivity index (χ2n) is 5.62. The van der Waals surface area contributed by atoms with Gasteiger partial charge in [-0.2, -0.15) is 0 Å². The minimum Gasteiger partial charge on any atom is -0.491 e. The fraction of sp³-hybridized carbons (Fsp3) is 0.375. The Morgan fingerprint density at radius 2 is 2.14 bits per heavy atom. The van der Waals surface area contributed by atoms with Crippen molar-refractivity contribution >= 4 is 22.6 Å². The lowest BCUT2D eigenvalue weighted by Gasteiger charge is -2.39. The molecule has 0 bridgehead atoms. The number of ether oxygens (including phenoxy) is 1. The molecular formula is C16H18N2O3. The van der Waals surface area contributed by atoms with E-state index in [4.69, 9.17) is 9.84 Å². The molecule has 0 unspecified atom stereocenters. The zero-order valence-electron chi connectivity index (χ0n) is 12.1. The minimum atomic E-state index is -0.728. The number of anilines is 1. The van der Waals surface area contributed by atoms with Gasteiger partial charge in [-0.3, -0.25) is 9.78 Å². The molecule has 0 spiro atoms. The number of aliphatic carboxylic acids is 1. The molecule has 3 rings (SSSR count). The van der Waals surface area contributed by atoms with Gasteiger partial charge in [-0.15, -0.1) is 0 Å². The second kappa shape index (κ2) is 5.24. The third-order valence-electron chi connectivity index (χ3n) is 3.63. The Morgan fingerprint density at radius 3 is 2.81 bits per heavy atom. The molecule has 0 saturated carbocycles. The molecule has 0 amide bonds. The van der Waals surface area contributed by atoms with Crippen LogP contribution >= 0.6 is 0 Å². The normalized spacial score (nSPS) is 15.3. The second-order valence-corrected chi connectivity index (χ2v) is 5.62. The van der Waals surface area contributed by atoms with Gasteiger partial charge in [0.15, 0.2) is 0 Å². The number of fused-ring (bicyclic) bond motifs is 1. The van der Waals surface area contributed by atoms with Gasteiger partial charge in [0.25, 0.3) is 0 Å². The van der Waals surface area contributed by atoms with E-state index in [1.807, 2.05) is 38.1 Å². The lowest BCUT2D eigenvalue weighted by molar-refractivity contribution is -0.142. The summed E-state index contributed by atoms with van der Waals surface area (Å²) < 4.78 is 5.73. The summed E-state index contributed by atoms with van der Waals surface area (Å²) in [5.41, 5.74) is 1.91. The number of pyridine rings is 1. The highest BCUT2D eigenvalue weighted by molar-refractivity contribution is 5.93. The predicted octanol–water partition coefficient (Wildman–Crippen LogP) is 2.54. The van der Waals surface area contributed by atoms with E-state index in [0.717, 1.165) is 22.3 Å². The SMILES string of the molecule is CC(C)Oc1ccc2nccc(N3CC(C(=O)O)C3)c2c1. The molecular weight excluding hydrogens is 268 g/mol. The van der Waals surface area contributed by atoms with E-state index in [2.05, 4.69) is 9.88 Å². The van der Waals surface area contributed by atoms with Gasteiger partial charge < -0.3 is 14.7 Å². The predicted molar refractivity (Wildman–Crippen MR) is 80.8 cm³/mol. The summed E-state index contributed by atoms with van der Waals surface area (Å²) in [6.07, 6.45) is 1.87. The smallest absolute Gasteiger partial charge is 0.310 e. The molecule has 0 radical (unpaired) electrons. The molecule has 1 aliphatic heterocycles. The highest BCUT2D eigenvalue weighted by atomic mass is 16.5. The first-order chi connectivity index (χ1) is 10.0. The molecule has 2 aromatic rings. The van der Waals surface area contributed by atoms with E-state index in [0.29, 0.717) is 13.1 Å². The molecule has 1 aliphatic rings. The number of hydrogen-bond acceptors (Lipinski definition) is 4. The maximum atomic E-state index is 10.9. The van der Waals surface area contributed by atoms with Crippen LogP contribution in [0.3, 0.4) is 0 Å². The molecule has 110 valence electrons. The number of hydrogen-bond donors (Lipinski definition) is 1. The van der Waals surface area contributed by atoms with Crippen molar-refractivity contribution in [2.24, 2.45) is 5.92 Å². The molecule has 5 heteroatoms. The lowest BCUT2D eigenvalue weighted by Crippen LogP contribution is -2.50. The van der Waals surface area contributed by atoms with E-state index in [9.17, 15) is 4.79 Å². The largest absolute Gasteiger partial charge is 0.491 e. The molecule has 5 nitrogen and oxygen atoms in total. The molecule has 2 heterocycles. The number of rotatable bonds is 4. The summed E-state index contributed by atoms with van der Waals surface area (Å²) in [5, 5.41) is 9.99. The number of carbonyl (C=O) groups is 1. The van der Waals surface area contributed by atoms with Crippen molar-refractivity contribution < 1.29 is 14.6 Å². The lowest BCUT2D eigenvalue weighted by atomic mass is 9.98. The molecule has 1 saturated heterocycles. The van der Waals surface area contributed by atoms with Crippen LogP contribution in [-0.2, 0) is 4.79 Å². The first-order valence-electron chi connectivity index (χ1n) is 7.08. The fourth-order valence-electron chi connectivity index (χ4n) is 2.56. The van der Waals surface area contributed by atoms with Gasteiger partial charge in [0.05, 0.1) is 17.5 Å². The highest BCUT2D eigenvalue weighted by Crippen LogP contribution is 2.33. The topological polar surface area (TPSA) is 62.7 Å². The molecule has 1 aromatic heterocycles. The van der Waals surface area contributed by atoms with Gasteiger partial charge >= 0.3 is 5.97 Å². The Labute approximate surface area is 123 Å². The van der Waals surface area contributed by atoms with Crippen molar-refractivity contribution in [2.45, 2.75) is 20.0 Å². The standard InChI is InChI=1S/C16H18N2O3/c1-10(2)21-12-3-4-14-13(7-12)15(5-6-17-14)18-8-11(9-18)16(19)20/h3-7,10-11H,8-9H2,1-2H3,(H,19,20).